The lowest BCUT2D eigenvalue weighted by Crippen LogP contribution is -2.09. The van der Waals surface area contributed by atoms with E-state index < -0.39 is 0 Å². The summed E-state index contributed by atoms with van der Waals surface area (Å²) >= 11 is 1.86. The normalized spacial score (nSPS) is 11.6. The van der Waals surface area contributed by atoms with Crippen LogP contribution >= 0.6 is 11.3 Å². The van der Waals surface area contributed by atoms with Crippen LogP contribution in [0.2, 0.25) is 0 Å². The van der Waals surface area contributed by atoms with Gasteiger partial charge in [0.05, 0.1) is 5.52 Å². The van der Waals surface area contributed by atoms with Gasteiger partial charge in [-0.1, -0.05) is 78.9 Å². The zero-order chi connectivity index (χ0) is 25.8. The number of hydrogen-bond acceptors (Lipinski definition) is 2. The van der Waals surface area contributed by atoms with Gasteiger partial charge in [0.2, 0.25) is 0 Å². The van der Waals surface area contributed by atoms with Gasteiger partial charge in [-0.05, 0) is 66.2 Å². The van der Waals surface area contributed by atoms with Crippen molar-refractivity contribution >= 4 is 70.4 Å². The van der Waals surface area contributed by atoms with Crippen molar-refractivity contribution in [3.05, 3.63) is 140 Å². The van der Waals surface area contributed by atoms with Crippen molar-refractivity contribution in [3.63, 3.8) is 0 Å². The van der Waals surface area contributed by atoms with E-state index in [1.807, 2.05) is 11.3 Å². The first-order chi connectivity index (χ1) is 19.3. The first-order valence-corrected chi connectivity index (χ1v) is 14.0. The minimum absolute atomic E-state index is 1.13. The summed E-state index contributed by atoms with van der Waals surface area (Å²) in [5.41, 5.74) is 8.13. The van der Waals surface area contributed by atoms with Crippen molar-refractivity contribution in [2.75, 3.05) is 4.90 Å². The highest BCUT2D eigenvalue weighted by Gasteiger charge is 2.18. The lowest BCUT2D eigenvalue weighted by molar-refractivity contribution is 1.29. The van der Waals surface area contributed by atoms with Crippen molar-refractivity contribution in [1.82, 2.24) is 4.98 Å². The fraction of sp³-hybridized carbons (Fsp3) is 0. The molecule has 39 heavy (non-hydrogen) atoms. The molecule has 0 aliphatic rings. The average Bonchev–Trinajstić information content (AvgIpc) is 3.56. The molecule has 1 N–H and O–H groups in total. The number of nitrogens with one attached hydrogen (secondary N) is 1. The van der Waals surface area contributed by atoms with Crippen LogP contribution in [0.15, 0.2) is 140 Å². The third kappa shape index (κ3) is 3.63. The Morgan fingerprint density at radius 3 is 1.87 bits per heavy atom. The van der Waals surface area contributed by atoms with Gasteiger partial charge < -0.3 is 9.88 Å². The van der Waals surface area contributed by atoms with Crippen LogP contribution in [0.3, 0.4) is 0 Å². The number of fused-ring (bicyclic) bond motifs is 6. The number of aromatic amines is 1. The lowest BCUT2D eigenvalue weighted by atomic mass is 9.98. The zero-order valence-electron chi connectivity index (χ0n) is 21.1. The molecule has 0 spiro atoms. The summed E-state index contributed by atoms with van der Waals surface area (Å²) in [7, 11) is 0. The molecule has 0 aliphatic carbocycles. The zero-order valence-corrected chi connectivity index (χ0v) is 22.0. The molecule has 6 aromatic carbocycles. The average molecular weight is 517 g/mol. The third-order valence-electron chi connectivity index (χ3n) is 7.57. The second-order valence-corrected chi connectivity index (χ2v) is 11.0. The Labute approximate surface area is 230 Å². The minimum Gasteiger partial charge on any atom is -0.354 e. The standard InChI is InChI=1S/C36H24N2S/c1-3-11-25(12-4-1)38(26-13-5-2-6-14-26)27-22-30(36-32(23-27)28-15-7-9-17-33(28)37-36)24-19-20-35-31(21-24)29-16-8-10-18-34(29)39-35/h1-23,37H. The summed E-state index contributed by atoms with van der Waals surface area (Å²) in [6, 6.07) is 50.2. The number of nitrogens with zero attached hydrogens (tertiary/aromatic N) is 1. The monoisotopic (exact) mass is 516 g/mol. The Bertz CT molecular complexity index is 2080. The van der Waals surface area contributed by atoms with Gasteiger partial charge in [0.25, 0.3) is 0 Å². The molecule has 0 aliphatic heterocycles. The van der Waals surface area contributed by atoms with E-state index in [-0.39, 0.29) is 0 Å². The van der Waals surface area contributed by atoms with E-state index >= 15 is 0 Å². The van der Waals surface area contributed by atoms with Crippen LogP contribution in [-0.2, 0) is 0 Å². The minimum atomic E-state index is 1.13. The Balaban J connectivity index is 1.44. The van der Waals surface area contributed by atoms with Crippen molar-refractivity contribution in [1.29, 1.82) is 0 Å². The van der Waals surface area contributed by atoms with Crippen LogP contribution in [0.25, 0.3) is 53.1 Å². The fourth-order valence-electron chi connectivity index (χ4n) is 5.79. The predicted molar refractivity (Wildman–Crippen MR) is 169 cm³/mol. The Morgan fingerprint density at radius 2 is 1.10 bits per heavy atom. The lowest BCUT2D eigenvalue weighted by Gasteiger charge is -2.26. The molecule has 0 fully saturated rings. The number of rotatable bonds is 4. The summed E-state index contributed by atoms with van der Waals surface area (Å²) in [6.45, 7) is 0. The number of thiophene rings is 1. The molecule has 8 rings (SSSR count). The first kappa shape index (κ1) is 22.2. The number of benzene rings is 6. The van der Waals surface area contributed by atoms with Crippen LogP contribution in [0.1, 0.15) is 0 Å². The molecule has 0 unspecified atom stereocenters. The topological polar surface area (TPSA) is 19.0 Å². The molecule has 2 aromatic heterocycles. The maximum absolute atomic E-state index is 3.75. The summed E-state index contributed by atoms with van der Waals surface area (Å²) in [5.74, 6) is 0. The van der Waals surface area contributed by atoms with Crippen molar-refractivity contribution in [3.8, 4) is 11.1 Å². The van der Waals surface area contributed by atoms with Gasteiger partial charge in [-0.2, -0.15) is 0 Å². The molecule has 0 radical (unpaired) electrons. The molecular formula is C36H24N2S. The molecule has 2 nitrogen and oxygen atoms in total. The number of anilines is 3. The van der Waals surface area contributed by atoms with E-state index in [1.165, 1.54) is 47.6 Å². The first-order valence-electron chi connectivity index (χ1n) is 13.2. The van der Waals surface area contributed by atoms with E-state index in [1.54, 1.807) is 0 Å². The van der Waals surface area contributed by atoms with Gasteiger partial charge in [0.1, 0.15) is 0 Å². The van der Waals surface area contributed by atoms with E-state index in [0.717, 1.165) is 22.6 Å². The highest BCUT2D eigenvalue weighted by Crippen LogP contribution is 2.43. The third-order valence-corrected chi connectivity index (χ3v) is 8.73. The van der Waals surface area contributed by atoms with Gasteiger partial charge in [0.15, 0.2) is 0 Å². The molecular weight excluding hydrogens is 492 g/mol. The second-order valence-electron chi connectivity index (χ2n) is 9.90. The van der Waals surface area contributed by atoms with Gasteiger partial charge in [-0.3, -0.25) is 0 Å². The van der Waals surface area contributed by atoms with E-state index in [9.17, 15) is 0 Å². The van der Waals surface area contributed by atoms with Crippen LogP contribution in [-0.4, -0.2) is 4.98 Å². The van der Waals surface area contributed by atoms with Crippen molar-refractivity contribution in [2.24, 2.45) is 0 Å². The van der Waals surface area contributed by atoms with Gasteiger partial charge in [0, 0.05) is 59.1 Å². The SMILES string of the molecule is c1ccc(N(c2ccccc2)c2cc(-c3ccc4sc5ccccc5c4c3)c3[nH]c4ccccc4c3c2)cc1. The molecule has 184 valence electrons. The molecule has 0 bridgehead atoms. The molecule has 0 saturated carbocycles. The quantitative estimate of drug-likeness (QED) is 0.246. The Kier molecular flexibility index (Phi) is 5.04. The number of para-hydroxylation sites is 3. The highest BCUT2D eigenvalue weighted by atomic mass is 32.1. The molecule has 3 heteroatoms. The molecule has 0 amide bonds. The second kappa shape index (κ2) is 8.87. The smallest absolute Gasteiger partial charge is 0.0546 e. The molecule has 0 atom stereocenters. The van der Waals surface area contributed by atoms with Crippen LogP contribution in [0.4, 0.5) is 17.1 Å². The van der Waals surface area contributed by atoms with Crippen LogP contribution in [0.5, 0.6) is 0 Å². The highest BCUT2D eigenvalue weighted by molar-refractivity contribution is 7.25. The van der Waals surface area contributed by atoms with E-state index in [2.05, 4.69) is 149 Å². The van der Waals surface area contributed by atoms with Gasteiger partial charge >= 0.3 is 0 Å². The van der Waals surface area contributed by atoms with Crippen LogP contribution in [0, 0.1) is 0 Å². The van der Waals surface area contributed by atoms with E-state index in [4.69, 9.17) is 0 Å². The van der Waals surface area contributed by atoms with Crippen molar-refractivity contribution in [2.45, 2.75) is 0 Å². The number of hydrogen-bond donors (Lipinski definition) is 1. The summed E-state index contributed by atoms with van der Waals surface area (Å²) < 4.78 is 2.65. The number of aromatic nitrogens is 1. The molecule has 2 heterocycles. The maximum atomic E-state index is 3.75. The summed E-state index contributed by atoms with van der Waals surface area (Å²) in [4.78, 5) is 6.10. The summed E-state index contributed by atoms with van der Waals surface area (Å²) in [6.07, 6.45) is 0. The van der Waals surface area contributed by atoms with Crippen LogP contribution < -0.4 is 4.90 Å². The molecule has 8 aromatic rings. The van der Waals surface area contributed by atoms with Crippen molar-refractivity contribution < 1.29 is 0 Å². The maximum Gasteiger partial charge on any atom is 0.0546 e. The fourth-order valence-corrected chi connectivity index (χ4v) is 6.87. The Morgan fingerprint density at radius 1 is 0.462 bits per heavy atom. The van der Waals surface area contributed by atoms with Gasteiger partial charge in [-0.15, -0.1) is 11.3 Å². The largest absolute Gasteiger partial charge is 0.354 e. The van der Waals surface area contributed by atoms with E-state index in [0.29, 0.717) is 0 Å². The summed E-state index contributed by atoms with van der Waals surface area (Å²) in [5, 5.41) is 5.09. The predicted octanol–water partition coefficient (Wildman–Crippen LogP) is 10.8. The number of H-pyrrole nitrogens is 1. The van der Waals surface area contributed by atoms with Gasteiger partial charge in [-0.25, -0.2) is 0 Å². The molecule has 0 saturated heterocycles. The Hall–Kier alpha value is -4.86.